The Morgan fingerprint density at radius 2 is 0.843 bits per heavy atom. The van der Waals surface area contributed by atoms with Crippen LogP contribution in [0.4, 0.5) is 34.1 Å². The van der Waals surface area contributed by atoms with Crippen LogP contribution in [0.5, 0.6) is 5.75 Å². The Hall–Kier alpha value is -9.12. The molecule has 12 aromatic carbocycles. The van der Waals surface area contributed by atoms with Gasteiger partial charge in [-0.1, -0.05) is 214 Å². The Morgan fingerprint density at radius 3 is 1.51 bits per heavy atom. The van der Waals surface area contributed by atoms with Crippen molar-refractivity contribution in [3.05, 3.63) is 246 Å². The molecule has 0 saturated heterocycles. The smallest absolute Gasteiger partial charge is 0.159 e. The summed E-state index contributed by atoms with van der Waals surface area (Å²) in [5.41, 5.74) is 20.7. The van der Waals surface area contributed by atoms with Crippen LogP contribution in [0.25, 0.3) is 87.6 Å². The lowest BCUT2D eigenvalue weighted by molar-refractivity contribution is 0.445. The van der Waals surface area contributed by atoms with E-state index in [1.807, 2.05) is 0 Å². The minimum Gasteiger partial charge on any atom is -0.505 e. The number of fused-ring (bicyclic) bond motifs is 3. The fourth-order valence-electron chi connectivity index (χ4n) is 14.7. The maximum absolute atomic E-state index is 13.2. The Balaban J connectivity index is 1.02. The first-order valence-electron chi connectivity index (χ1n) is 30.4. The molecule has 83 heavy (non-hydrogen) atoms. The average molecular weight is 1080 g/mol. The molecule has 1 N–H and O–H groups in total. The highest BCUT2D eigenvalue weighted by molar-refractivity contribution is 6.30. The minimum absolute atomic E-state index is 0.258. The van der Waals surface area contributed by atoms with Crippen molar-refractivity contribution in [2.24, 2.45) is 0 Å². The zero-order valence-electron chi connectivity index (χ0n) is 47.8. The molecule has 2 aliphatic carbocycles. The molecule has 0 amide bonds. The topological polar surface area (TPSA) is 39.9 Å². The lowest BCUT2D eigenvalue weighted by Crippen LogP contribution is -2.15. The van der Waals surface area contributed by atoms with Gasteiger partial charge in [0.25, 0.3) is 0 Å². The third kappa shape index (κ3) is 8.72. The molecule has 0 spiro atoms. The van der Waals surface area contributed by atoms with Gasteiger partial charge in [0.05, 0.1) is 22.7 Å². The van der Waals surface area contributed by atoms with E-state index in [1.54, 1.807) is 0 Å². The predicted octanol–water partition coefficient (Wildman–Crippen LogP) is 23.2. The van der Waals surface area contributed by atoms with Crippen LogP contribution in [0.15, 0.2) is 223 Å². The molecule has 2 saturated carbocycles. The third-order valence-corrected chi connectivity index (χ3v) is 18.9. The molecule has 0 unspecified atom stereocenters. The normalized spacial score (nSPS) is 14.4. The molecule has 13 aromatic rings. The first kappa shape index (κ1) is 50.8. The molecule has 0 aliphatic heterocycles. The van der Waals surface area contributed by atoms with Crippen LogP contribution in [0, 0.1) is 20.8 Å². The number of para-hydroxylation sites is 4. The molecule has 2 fully saturated rings. The number of nitrogens with zero attached hydrogens (tertiary/aromatic N) is 2. The van der Waals surface area contributed by atoms with Gasteiger partial charge >= 0.3 is 0 Å². The monoisotopic (exact) mass is 1080 g/mol. The van der Waals surface area contributed by atoms with Gasteiger partial charge < -0.3 is 19.3 Å². The number of hydrogen-bond acceptors (Lipinski definition) is 4. The average Bonchev–Trinajstić information content (AvgIpc) is 1.77. The van der Waals surface area contributed by atoms with Gasteiger partial charge in [0.1, 0.15) is 11.3 Å². The Labute approximate surface area is 487 Å². The molecule has 1 heterocycles. The van der Waals surface area contributed by atoms with Crippen LogP contribution in [0.1, 0.15) is 104 Å². The van der Waals surface area contributed by atoms with E-state index >= 15 is 0 Å². The van der Waals surface area contributed by atoms with Crippen molar-refractivity contribution in [3.63, 3.8) is 0 Å². The standard InChI is InChI=1S/C79H68N2O2/c1-50-39-41-58(42-40-50)80(72-38-20-35-65-64-34-18-33-61(78(64)83-79(65)72)53-23-7-4-8-24-53)73-48-68(54-25-9-5-10-26-54)62-44-46-67-74(49-69(55-27-11-6-12-28-55)63-43-45-66(73)75(62)76(63)67)81(70-36-16-14-22-52(70)3)71-37-19-32-60(77(71)82)57-30-17-29-56(47-57)59-31-15-13-21-51(59)2/h4,7-8,13-24,29-49,54-55,82H,5-6,9-12,25-28H2,1-3H3. The molecule has 15 rings (SSSR count). The van der Waals surface area contributed by atoms with E-state index in [0.717, 1.165) is 102 Å². The fraction of sp³-hybridized carbons (Fsp3) is 0.190. The van der Waals surface area contributed by atoms with Crippen molar-refractivity contribution in [1.82, 2.24) is 0 Å². The molecule has 4 nitrogen and oxygen atoms in total. The zero-order valence-corrected chi connectivity index (χ0v) is 47.8. The number of anilines is 6. The van der Waals surface area contributed by atoms with Crippen LogP contribution in [0.3, 0.4) is 0 Å². The second-order valence-electron chi connectivity index (χ2n) is 23.9. The summed E-state index contributed by atoms with van der Waals surface area (Å²) in [6.07, 6.45) is 12.1. The SMILES string of the molecule is Cc1ccc(N(c2cc(C3CCCCC3)c3ccc4c(N(c5ccccc5C)c5cccc(-c6cccc(-c7ccccc7C)c6)c5O)cc(C5CCCCC5)c5ccc2c3c54)c2cccc3c2oc2c(-c4ccccc4)cccc23)cc1. The van der Waals surface area contributed by atoms with Crippen molar-refractivity contribution in [2.75, 3.05) is 9.80 Å². The minimum atomic E-state index is 0.258. The number of hydrogen-bond donors (Lipinski definition) is 1. The van der Waals surface area contributed by atoms with Crippen molar-refractivity contribution in [1.29, 1.82) is 0 Å². The van der Waals surface area contributed by atoms with Crippen LogP contribution in [0.2, 0.25) is 0 Å². The van der Waals surface area contributed by atoms with Gasteiger partial charge in [-0.3, -0.25) is 0 Å². The quantitative estimate of drug-likeness (QED) is 0.131. The van der Waals surface area contributed by atoms with Crippen molar-refractivity contribution in [3.8, 4) is 39.1 Å². The number of phenolic OH excluding ortho intramolecular Hbond substituents is 1. The van der Waals surface area contributed by atoms with Gasteiger partial charge in [0.15, 0.2) is 5.58 Å². The van der Waals surface area contributed by atoms with Crippen molar-refractivity contribution >= 4 is 88.4 Å². The van der Waals surface area contributed by atoms with E-state index in [1.165, 1.54) is 112 Å². The van der Waals surface area contributed by atoms with Gasteiger partial charge in [0.2, 0.25) is 0 Å². The lowest BCUT2D eigenvalue weighted by Gasteiger charge is -2.34. The third-order valence-electron chi connectivity index (χ3n) is 18.9. The number of aromatic hydroxyl groups is 1. The second kappa shape index (κ2) is 21.0. The second-order valence-corrected chi connectivity index (χ2v) is 23.9. The van der Waals surface area contributed by atoms with Crippen molar-refractivity contribution < 1.29 is 9.52 Å². The van der Waals surface area contributed by atoms with Gasteiger partial charge in [0, 0.05) is 44.0 Å². The molecular weight excluding hydrogens is 1010 g/mol. The molecule has 0 bridgehead atoms. The summed E-state index contributed by atoms with van der Waals surface area (Å²) in [4.78, 5) is 4.91. The van der Waals surface area contributed by atoms with Crippen LogP contribution in [-0.4, -0.2) is 5.11 Å². The summed E-state index contributed by atoms with van der Waals surface area (Å²) >= 11 is 0. The van der Waals surface area contributed by atoms with Gasteiger partial charge in [-0.2, -0.15) is 0 Å². The molecular formula is C79H68N2O2. The largest absolute Gasteiger partial charge is 0.505 e. The lowest BCUT2D eigenvalue weighted by atomic mass is 9.77. The van der Waals surface area contributed by atoms with E-state index in [2.05, 4.69) is 249 Å². The van der Waals surface area contributed by atoms with Gasteiger partial charge in [-0.15, -0.1) is 0 Å². The molecule has 2 aliphatic rings. The van der Waals surface area contributed by atoms with Crippen LogP contribution >= 0.6 is 0 Å². The van der Waals surface area contributed by atoms with E-state index in [-0.39, 0.29) is 5.75 Å². The molecule has 0 radical (unpaired) electrons. The summed E-state index contributed by atoms with van der Waals surface area (Å²) in [7, 11) is 0. The maximum Gasteiger partial charge on any atom is 0.159 e. The first-order chi connectivity index (χ1) is 40.9. The molecule has 4 heteroatoms. The summed E-state index contributed by atoms with van der Waals surface area (Å²) in [5, 5.41) is 23.0. The molecule has 0 atom stereocenters. The van der Waals surface area contributed by atoms with Crippen molar-refractivity contribution in [2.45, 2.75) is 96.8 Å². The Bertz CT molecular complexity index is 4580. The first-order valence-corrected chi connectivity index (χ1v) is 30.4. The van der Waals surface area contributed by atoms with E-state index in [4.69, 9.17) is 4.42 Å². The van der Waals surface area contributed by atoms with Gasteiger partial charge in [-0.25, -0.2) is 0 Å². The highest BCUT2D eigenvalue weighted by atomic mass is 16.3. The highest BCUT2D eigenvalue weighted by Gasteiger charge is 2.31. The number of furan rings is 1. The number of benzene rings is 12. The number of phenols is 1. The van der Waals surface area contributed by atoms with E-state index in [9.17, 15) is 5.11 Å². The van der Waals surface area contributed by atoms with E-state index < -0.39 is 0 Å². The van der Waals surface area contributed by atoms with Gasteiger partial charge in [-0.05, 0) is 173 Å². The van der Waals surface area contributed by atoms with Crippen LogP contribution in [-0.2, 0) is 0 Å². The zero-order chi connectivity index (χ0) is 55.7. The van der Waals surface area contributed by atoms with Crippen LogP contribution < -0.4 is 9.80 Å². The number of aryl methyl sites for hydroxylation is 3. The summed E-state index contributed by atoms with van der Waals surface area (Å²) < 4.78 is 7.32. The number of rotatable bonds is 11. The maximum atomic E-state index is 13.2. The predicted molar refractivity (Wildman–Crippen MR) is 351 cm³/mol. The molecule has 1 aromatic heterocycles. The molecule has 406 valence electrons. The summed E-state index contributed by atoms with van der Waals surface area (Å²) in [6, 6.07) is 80.2. The fourth-order valence-corrected chi connectivity index (χ4v) is 14.7. The summed E-state index contributed by atoms with van der Waals surface area (Å²) in [5.74, 6) is 1.06. The summed E-state index contributed by atoms with van der Waals surface area (Å²) in [6.45, 7) is 6.55. The van der Waals surface area contributed by atoms with E-state index in [0.29, 0.717) is 11.8 Å². The highest BCUT2D eigenvalue weighted by Crippen LogP contribution is 2.55. The Kier molecular flexibility index (Phi) is 12.9. The Morgan fingerprint density at radius 1 is 0.349 bits per heavy atom.